The van der Waals surface area contributed by atoms with Crippen molar-refractivity contribution in [2.24, 2.45) is 4.99 Å². The number of guanidine groups is 1. The molecule has 0 saturated carbocycles. The van der Waals surface area contributed by atoms with Gasteiger partial charge in [0.05, 0.1) is 24.9 Å². The Hall–Kier alpha value is -0.160. The van der Waals surface area contributed by atoms with E-state index in [0.29, 0.717) is 19.3 Å². The Bertz CT molecular complexity index is 387. The van der Waals surface area contributed by atoms with Gasteiger partial charge in [0, 0.05) is 59.5 Å². The van der Waals surface area contributed by atoms with Gasteiger partial charge in [-0.15, -0.1) is 24.0 Å². The number of aliphatic imine (C=N–C) groups is 1. The van der Waals surface area contributed by atoms with Gasteiger partial charge in [0.1, 0.15) is 0 Å². The molecule has 154 valence electrons. The van der Waals surface area contributed by atoms with E-state index in [2.05, 4.69) is 17.6 Å². The lowest BCUT2D eigenvalue weighted by molar-refractivity contribution is -0.0828. The van der Waals surface area contributed by atoms with Crippen LogP contribution in [-0.2, 0) is 18.9 Å². The van der Waals surface area contributed by atoms with Gasteiger partial charge in [-0.05, 0) is 26.2 Å². The lowest BCUT2D eigenvalue weighted by Gasteiger charge is -2.34. The van der Waals surface area contributed by atoms with Crippen LogP contribution in [0.2, 0.25) is 0 Å². The molecule has 0 radical (unpaired) electrons. The van der Waals surface area contributed by atoms with E-state index in [1.165, 1.54) is 0 Å². The molecular weight excluding hydrogens is 449 g/mol. The molecule has 0 aromatic carbocycles. The minimum Gasteiger partial charge on any atom is -0.381 e. The van der Waals surface area contributed by atoms with Crippen molar-refractivity contribution < 1.29 is 18.9 Å². The van der Waals surface area contributed by atoms with Gasteiger partial charge in [-0.2, -0.15) is 0 Å². The predicted molar refractivity (Wildman–Crippen MR) is 114 cm³/mol. The van der Waals surface area contributed by atoms with Crippen LogP contribution in [0, 0.1) is 0 Å². The quantitative estimate of drug-likeness (QED) is 0.213. The summed E-state index contributed by atoms with van der Waals surface area (Å²) in [6.45, 7) is 8.22. The molecule has 8 heteroatoms. The van der Waals surface area contributed by atoms with E-state index in [0.717, 1.165) is 77.6 Å². The molecule has 2 saturated heterocycles. The van der Waals surface area contributed by atoms with Crippen LogP contribution < -0.4 is 10.6 Å². The topological polar surface area (TPSA) is 73.3 Å². The molecule has 2 aliphatic heterocycles. The molecule has 2 heterocycles. The van der Waals surface area contributed by atoms with E-state index in [1.54, 1.807) is 7.11 Å². The van der Waals surface area contributed by atoms with Crippen LogP contribution in [0.4, 0.5) is 0 Å². The number of rotatable bonds is 10. The fourth-order valence-corrected chi connectivity index (χ4v) is 3.11. The van der Waals surface area contributed by atoms with E-state index in [1.807, 2.05) is 0 Å². The Morgan fingerprint density at radius 3 is 2.69 bits per heavy atom. The zero-order chi connectivity index (χ0) is 17.8. The Morgan fingerprint density at radius 2 is 2.04 bits per heavy atom. The molecule has 7 nitrogen and oxygen atoms in total. The first-order valence-electron chi connectivity index (χ1n) is 9.62. The smallest absolute Gasteiger partial charge is 0.191 e. The van der Waals surface area contributed by atoms with Crippen molar-refractivity contribution >= 4 is 29.9 Å². The highest BCUT2D eigenvalue weighted by Crippen LogP contribution is 2.24. The third-order valence-corrected chi connectivity index (χ3v) is 4.79. The molecule has 2 rings (SSSR count). The Morgan fingerprint density at radius 1 is 1.23 bits per heavy atom. The molecule has 0 spiro atoms. The van der Waals surface area contributed by atoms with Crippen LogP contribution in [0.25, 0.3) is 0 Å². The van der Waals surface area contributed by atoms with Crippen LogP contribution in [0.5, 0.6) is 0 Å². The molecule has 0 amide bonds. The van der Waals surface area contributed by atoms with Crippen LogP contribution in [-0.4, -0.2) is 77.4 Å². The Kier molecular flexibility index (Phi) is 12.8. The number of methoxy groups -OCH3 is 1. The number of ether oxygens (including phenoxy) is 4. The number of hydrogen-bond donors (Lipinski definition) is 2. The van der Waals surface area contributed by atoms with Gasteiger partial charge in [-0.1, -0.05) is 0 Å². The van der Waals surface area contributed by atoms with Crippen molar-refractivity contribution in [3.05, 3.63) is 0 Å². The summed E-state index contributed by atoms with van der Waals surface area (Å²) in [5, 5.41) is 6.66. The average molecular weight is 485 g/mol. The molecule has 1 atom stereocenters. The van der Waals surface area contributed by atoms with Crippen molar-refractivity contribution in [1.82, 2.24) is 10.6 Å². The molecule has 26 heavy (non-hydrogen) atoms. The number of nitrogens with zero attached hydrogens (tertiary/aromatic N) is 1. The van der Waals surface area contributed by atoms with E-state index in [4.69, 9.17) is 23.9 Å². The summed E-state index contributed by atoms with van der Waals surface area (Å²) < 4.78 is 22.4. The van der Waals surface area contributed by atoms with Gasteiger partial charge < -0.3 is 29.6 Å². The maximum atomic E-state index is 5.74. The molecule has 0 aromatic rings. The summed E-state index contributed by atoms with van der Waals surface area (Å²) in [7, 11) is 1.77. The van der Waals surface area contributed by atoms with Crippen molar-refractivity contribution in [3.63, 3.8) is 0 Å². The van der Waals surface area contributed by atoms with Gasteiger partial charge in [-0.25, -0.2) is 0 Å². The zero-order valence-corrected chi connectivity index (χ0v) is 18.6. The Labute approximate surface area is 175 Å². The van der Waals surface area contributed by atoms with Crippen LogP contribution in [0.3, 0.4) is 0 Å². The standard InChI is InChI=1S/C18H35N3O4.HI/c1-3-19-17(21-15-18(22-2)7-12-23-13-8-18)20-9-5-10-24-14-16-6-4-11-25-16;/h16H,3-15H2,1-2H3,(H2,19,20,21);1H. The molecule has 0 bridgehead atoms. The monoisotopic (exact) mass is 485 g/mol. The van der Waals surface area contributed by atoms with Gasteiger partial charge in [0.2, 0.25) is 0 Å². The molecule has 1 unspecified atom stereocenters. The largest absolute Gasteiger partial charge is 0.381 e. The number of hydrogen-bond acceptors (Lipinski definition) is 5. The SMILES string of the molecule is CCNC(=NCC1(OC)CCOCC1)NCCCOCC1CCCO1.I. The average Bonchev–Trinajstić information content (AvgIpc) is 3.16. The summed E-state index contributed by atoms with van der Waals surface area (Å²) in [6.07, 6.45) is 5.32. The summed E-state index contributed by atoms with van der Waals surface area (Å²) in [5.41, 5.74) is -0.189. The number of nitrogens with one attached hydrogen (secondary N) is 2. The fraction of sp³-hybridized carbons (Fsp3) is 0.944. The van der Waals surface area contributed by atoms with E-state index < -0.39 is 0 Å². The van der Waals surface area contributed by atoms with Crippen LogP contribution in [0.1, 0.15) is 39.0 Å². The van der Waals surface area contributed by atoms with Gasteiger partial charge in [-0.3, -0.25) is 4.99 Å². The van der Waals surface area contributed by atoms with E-state index >= 15 is 0 Å². The van der Waals surface area contributed by atoms with Gasteiger partial charge in [0.25, 0.3) is 0 Å². The minimum atomic E-state index is -0.189. The first-order chi connectivity index (χ1) is 12.3. The Balaban J connectivity index is 0.00000338. The van der Waals surface area contributed by atoms with Crippen molar-refractivity contribution in [3.8, 4) is 0 Å². The van der Waals surface area contributed by atoms with Gasteiger partial charge in [0.15, 0.2) is 5.96 Å². The summed E-state index contributed by atoms with van der Waals surface area (Å²) >= 11 is 0. The third-order valence-electron chi connectivity index (χ3n) is 4.79. The normalized spacial score (nSPS) is 22.7. The predicted octanol–water partition coefficient (Wildman–Crippen LogP) is 1.94. The zero-order valence-electron chi connectivity index (χ0n) is 16.3. The first-order valence-corrected chi connectivity index (χ1v) is 9.62. The van der Waals surface area contributed by atoms with Crippen molar-refractivity contribution in [1.29, 1.82) is 0 Å². The van der Waals surface area contributed by atoms with Crippen molar-refractivity contribution in [2.45, 2.75) is 50.7 Å². The molecule has 0 aromatic heterocycles. The van der Waals surface area contributed by atoms with Crippen LogP contribution in [0.15, 0.2) is 4.99 Å². The molecule has 2 aliphatic rings. The minimum absolute atomic E-state index is 0. The molecule has 0 aliphatic carbocycles. The summed E-state index contributed by atoms with van der Waals surface area (Å²) in [5.74, 6) is 0.838. The van der Waals surface area contributed by atoms with Crippen LogP contribution >= 0.6 is 24.0 Å². The van der Waals surface area contributed by atoms with E-state index in [9.17, 15) is 0 Å². The molecule has 2 fully saturated rings. The second-order valence-corrected chi connectivity index (χ2v) is 6.68. The highest BCUT2D eigenvalue weighted by atomic mass is 127. The summed E-state index contributed by atoms with van der Waals surface area (Å²) in [6, 6.07) is 0. The molecule has 2 N–H and O–H groups in total. The third kappa shape index (κ3) is 8.69. The lowest BCUT2D eigenvalue weighted by atomic mass is 9.94. The second-order valence-electron chi connectivity index (χ2n) is 6.68. The maximum absolute atomic E-state index is 5.74. The highest BCUT2D eigenvalue weighted by Gasteiger charge is 2.32. The highest BCUT2D eigenvalue weighted by molar-refractivity contribution is 14.0. The fourth-order valence-electron chi connectivity index (χ4n) is 3.11. The van der Waals surface area contributed by atoms with Gasteiger partial charge >= 0.3 is 0 Å². The lowest BCUT2D eigenvalue weighted by Crippen LogP contribution is -2.44. The number of halogens is 1. The molecular formula is C18H36IN3O4. The summed E-state index contributed by atoms with van der Waals surface area (Å²) in [4.78, 5) is 4.71. The van der Waals surface area contributed by atoms with E-state index in [-0.39, 0.29) is 29.6 Å². The first kappa shape index (κ1) is 23.9. The second kappa shape index (κ2) is 13.9. The maximum Gasteiger partial charge on any atom is 0.191 e. The van der Waals surface area contributed by atoms with Crippen molar-refractivity contribution in [2.75, 3.05) is 59.8 Å².